The van der Waals surface area contributed by atoms with E-state index >= 15 is 0 Å². The lowest BCUT2D eigenvalue weighted by molar-refractivity contribution is 0.789. The van der Waals surface area contributed by atoms with Crippen molar-refractivity contribution < 1.29 is 0 Å². The molecule has 0 aliphatic rings. The molecule has 1 nitrogen and oxygen atoms in total. The van der Waals surface area contributed by atoms with Crippen LogP contribution in [-0.2, 0) is 6.42 Å². The van der Waals surface area contributed by atoms with Crippen molar-refractivity contribution in [3.8, 4) is 0 Å². The Hall–Kier alpha value is -0.800. The molecule has 0 spiro atoms. The minimum atomic E-state index is 0.404. The van der Waals surface area contributed by atoms with E-state index in [1.807, 2.05) is 0 Å². The summed E-state index contributed by atoms with van der Waals surface area (Å²) in [5.41, 5.74) is 3.81. The summed E-state index contributed by atoms with van der Waals surface area (Å²) in [5.74, 6) is 0. The molecule has 100 valence electrons. The Bertz CT molecular complexity index is 549. The Kier molecular flexibility index (Phi) is 5.06. The topological polar surface area (TPSA) is 12.0 Å². The predicted molar refractivity (Wildman–Crippen MR) is 89.8 cm³/mol. The van der Waals surface area contributed by atoms with Crippen molar-refractivity contribution in [3.63, 3.8) is 0 Å². The summed E-state index contributed by atoms with van der Waals surface area (Å²) in [6, 6.07) is 15.2. The summed E-state index contributed by atoms with van der Waals surface area (Å²) in [7, 11) is 0. The lowest BCUT2D eigenvalue weighted by atomic mass is 10.1. The van der Waals surface area contributed by atoms with Gasteiger partial charge in [0.05, 0.1) is 0 Å². The SMILES string of the molecule is Cc1cc(Br)ccc1NC(C)Cc1ccc(Br)cc1. The molecule has 1 unspecified atom stereocenters. The third-order valence-electron chi connectivity index (χ3n) is 3.05. The molecule has 0 fully saturated rings. The van der Waals surface area contributed by atoms with Crippen molar-refractivity contribution >= 4 is 37.5 Å². The average Bonchev–Trinajstić information content (AvgIpc) is 2.36. The van der Waals surface area contributed by atoms with E-state index in [1.165, 1.54) is 16.8 Å². The number of aryl methyl sites for hydroxylation is 1. The van der Waals surface area contributed by atoms with Crippen molar-refractivity contribution in [2.75, 3.05) is 5.32 Å². The van der Waals surface area contributed by atoms with Gasteiger partial charge in [-0.15, -0.1) is 0 Å². The van der Waals surface area contributed by atoms with E-state index in [1.54, 1.807) is 0 Å². The van der Waals surface area contributed by atoms with E-state index in [-0.39, 0.29) is 0 Å². The summed E-state index contributed by atoms with van der Waals surface area (Å²) in [4.78, 5) is 0. The second kappa shape index (κ2) is 6.58. The molecule has 1 N–H and O–H groups in total. The van der Waals surface area contributed by atoms with Gasteiger partial charge in [-0.2, -0.15) is 0 Å². The van der Waals surface area contributed by atoms with Crippen molar-refractivity contribution in [3.05, 3.63) is 62.5 Å². The number of hydrogen-bond acceptors (Lipinski definition) is 1. The van der Waals surface area contributed by atoms with Crippen LogP contribution in [0.2, 0.25) is 0 Å². The Morgan fingerprint density at radius 3 is 2.26 bits per heavy atom. The first-order valence-electron chi connectivity index (χ1n) is 6.32. The van der Waals surface area contributed by atoms with Gasteiger partial charge in [0.15, 0.2) is 0 Å². The van der Waals surface area contributed by atoms with Crippen molar-refractivity contribution in [1.82, 2.24) is 0 Å². The van der Waals surface area contributed by atoms with Crippen molar-refractivity contribution in [2.45, 2.75) is 26.3 Å². The molecule has 0 aliphatic heterocycles. The normalized spacial score (nSPS) is 12.2. The summed E-state index contributed by atoms with van der Waals surface area (Å²) < 4.78 is 2.25. The molecule has 0 aromatic heterocycles. The number of nitrogens with one attached hydrogen (secondary N) is 1. The van der Waals surface area contributed by atoms with Gasteiger partial charge in [0.25, 0.3) is 0 Å². The van der Waals surface area contributed by atoms with E-state index in [2.05, 4.69) is 93.5 Å². The van der Waals surface area contributed by atoms with Gasteiger partial charge in [0.2, 0.25) is 0 Å². The number of benzene rings is 2. The summed E-state index contributed by atoms with van der Waals surface area (Å²) in [6.07, 6.45) is 1.02. The molecule has 0 radical (unpaired) electrons. The van der Waals surface area contributed by atoms with Crippen molar-refractivity contribution in [1.29, 1.82) is 0 Å². The molecule has 0 aliphatic carbocycles. The lowest BCUT2D eigenvalue weighted by Gasteiger charge is -2.17. The number of rotatable bonds is 4. The first kappa shape index (κ1) is 14.6. The molecule has 0 amide bonds. The van der Waals surface area contributed by atoms with E-state index in [9.17, 15) is 0 Å². The molecule has 0 saturated carbocycles. The molecule has 0 bridgehead atoms. The molecule has 0 heterocycles. The van der Waals surface area contributed by atoms with Crippen LogP contribution >= 0.6 is 31.9 Å². The maximum atomic E-state index is 3.57. The second-order valence-electron chi connectivity index (χ2n) is 4.84. The number of anilines is 1. The molecule has 3 heteroatoms. The van der Waals surface area contributed by atoms with E-state index in [0.717, 1.165) is 15.4 Å². The fourth-order valence-corrected chi connectivity index (χ4v) is 2.82. The molecule has 0 saturated heterocycles. The fourth-order valence-electron chi connectivity index (χ4n) is 2.08. The van der Waals surface area contributed by atoms with Crippen LogP contribution in [-0.4, -0.2) is 6.04 Å². The Balaban J connectivity index is 2.01. The second-order valence-corrected chi connectivity index (χ2v) is 6.67. The third-order valence-corrected chi connectivity index (χ3v) is 4.07. The van der Waals surface area contributed by atoms with Crippen LogP contribution in [0, 0.1) is 6.92 Å². The smallest absolute Gasteiger partial charge is 0.0372 e. The van der Waals surface area contributed by atoms with E-state index in [4.69, 9.17) is 0 Å². The van der Waals surface area contributed by atoms with Crippen LogP contribution in [0.5, 0.6) is 0 Å². The number of halogens is 2. The van der Waals surface area contributed by atoms with Gasteiger partial charge in [-0.1, -0.05) is 44.0 Å². The molecule has 2 aromatic rings. The quantitative estimate of drug-likeness (QED) is 0.729. The van der Waals surface area contributed by atoms with Gasteiger partial charge >= 0.3 is 0 Å². The summed E-state index contributed by atoms with van der Waals surface area (Å²) >= 11 is 6.95. The highest BCUT2D eigenvalue weighted by Crippen LogP contribution is 2.21. The Morgan fingerprint density at radius 1 is 1.00 bits per heavy atom. The van der Waals surface area contributed by atoms with Gasteiger partial charge in [-0.05, 0) is 61.7 Å². The standard InChI is InChI=1S/C16H17Br2N/c1-11-9-15(18)7-8-16(11)19-12(2)10-13-3-5-14(17)6-4-13/h3-9,12,19H,10H2,1-2H3. The largest absolute Gasteiger partial charge is 0.382 e. The maximum Gasteiger partial charge on any atom is 0.0372 e. The molecule has 2 rings (SSSR count). The zero-order valence-electron chi connectivity index (χ0n) is 11.1. The first-order chi connectivity index (χ1) is 9.04. The van der Waals surface area contributed by atoms with Gasteiger partial charge in [0.1, 0.15) is 0 Å². The van der Waals surface area contributed by atoms with Crippen LogP contribution in [0.3, 0.4) is 0 Å². The van der Waals surface area contributed by atoms with Crippen LogP contribution in [0.1, 0.15) is 18.1 Å². The van der Waals surface area contributed by atoms with Crippen LogP contribution < -0.4 is 5.32 Å². The van der Waals surface area contributed by atoms with E-state index in [0.29, 0.717) is 6.04 Å². The first-order valence-corrected chi connectivity index (χ1v) is 7.90. The summed E-state index contributed by atoms with van der Waals surface area (Å²) in [5, 5.41) is 3.57. The third kappa shape index (κ3) is 4.36. The van der Waals surface area contributed by atoms with E-state index < -0.39 is 0 Å². The molecular formula is C16H17Br2N. The van der Waals surface area contributed by atoms with Crippen LogP contribution in [0.25, 0.3) is 0 Å². The molecule has 1 atom stereocenters. The highest BCUT2D eigenvalue weighted by atomic mass is 79.9. The Labute approximate surface area is 131 Å². The Morgan fingerprint density at radius 2 is 1.63 bits per heavy atom. The van der Waals surface area contributed by atoms with Crippen LogP contribution in [0.15, 0.2) is 51.4 Å². The minimum Gasteiger partial charge on any atom is -0.382 e. The van der Waals surface area contributed by atoms with Crippen molar-refractivity contribution in [2.24, 2.45) is 0 Å². The highest BCUT2D eigenvalue weighted by molar-refractivity contribution is 9.10. The summed E-state index contributed by atoms with van der Waals surface area (Å²) in [6.45, 7) is 4.34. The maximum absolute atomic E-state index is 3.57. The molecule has 19 heavy (non-hydrogen) atoms. The predicted octanol–water partition coefficient (Wildman–Crippen LogP) is 5.56. The molecular weight excluding hydrogens is 366 g/mol. The minimum absolute atomic E-state index is 0.404. The highest BCUT2D eigenvalue weighted by Gasteiger charge is 2.06. The average molecular weight is 383 g/mol. The van der Waals surface area contributed by atoms with Crippen LogP contribution in [0.4, 0.5) is 5.69 Å². The van der Waals surface area contributed by atoms with Gasteiger partial charge in [-0.3, -0.25) is 0 Å². The molecule has 2 aromatic carbocycles. The lowest BCUT2D eigenvalue weighted by Crippen LogP contribution is -2.18. The number of hydrogen-bond donors (Lipinski definition) is 1. The van der Waals surface area contributed by atoms with Gasteiger partial charge < -0.3 is 5.32 Å². The zero-order chi connectivity index (χ0) is 13.8. The fraction of sp³-hybridized carbons (Fsp3) is 0.250. The monoisotopic (exact) mass is 381 g/mol. The van der Waals surface area contributed by atoms with Gasteiger partial charge in [-0.25, -0.2) is 0 Å². The van der Waals surface area contributed by atoms with Gasteiger partial charge in [0, 0.05) is 20.7 Å². The zero-order valence-corrected chi connectivity index (χ0v) is 14.3.